The number of hydrogen-bond donors (Lipinski definition) is 1. The molecule has 0 saturated heterocycles. The summed E-state index contributed by atoms with van der Waals surface area (Å²) in [6.07, 6.45) is 0. The quantitative estimate of drug-likeness (QED) is 0.460. The Bertz CT molecular complexity index is 327. The van der Waals surface area contributed by atoms with Crippen molar-refractivity contribution in [3.8, 4) is 0 Å². The van der Waals surface area contributed by atoms with Crippen LogP contribution in [0.4, 0.5) is 5.69 Å². The molecule has 1 atom stereocenters. The molecule has 0 saturated carbocycles. The monoisotopic (exact) mass is 229 g/mol. The summed E-state index contributed by atoms with van der Waals surface area (Å²) >= 11 is -1.11. The number of nitro groups is 1. The number of aliphatic hydroxyl groups excluding tert-OH is 1. The third-order valence-corrected chi connectivity index (χ3v) is 3.09. The summed E-state index contributed by atoms with van der Waals surface area (Å²) in [7, 11) is 0. The van der Waals surface area contributed by atoms with Crippen molar-refractivity contribution in [2.24, 2.45) is 0 Å². The molecule has 0 spiro atoms. The topological polar surface area (TPSA) is 86.4 Å². The SMILES string of the molecule is O=[N+]([O-])c1ccc(C[S+]([O-])CCO)cc1. The van der Waals surface area contributed by atoms with Crippen LogP contribution in [0.1, 0.15) is 5.56 Å². The van der Waals surface area contributed by atoms with E-state index in [0.717, 1.165) is 5.56 Å². The number of rotatable bonds is 5. The molecule has 0 radical (unpaired) electrons. The molecule has 1 aromatic carbocycles. The average Bonchev–Trinajstić information content (AvgIpc) is 2.18. The van der Waals surface area contributed by atoms with E-state index < -0.39 is 16.1 Å². The van der Waals surface area contributed by atoms with Crippen LogP contribution >= 0.6 is 0 Å². The molecule has 0 bridgehead atoms. The molecular formula is C9H11NO4S. The summed E-state index contributed by atoms with van der Waals surface area (Å²) in [5.41, 5.74) is 0.791. The lowest BCUT2D eigenvalue weighted by atomic mass is 10.2. The molecule has 6 heteroatoms. The predicted octanol–water partition coefficient (Wildman–Crippen LogP) is 0.836. The highest BCUT2D eigenvalue weighted by Gasteiger charge is 2.09. The van der Waals surface area contributed by atoms with Crippen LogP contribution in [-0.4, -0.2) is 26.9 Å². The van der Waals surface area contributed by atoms with Crippen molar-refractivity contribution < 1.29 is 14.6 Å². The summed E-state index contributed by atoms with van der Waals surface area (Å²) < 4.78 is 11.2. The van der Waals surface area contributed by atoms with Crippen molar-refractivity contribution in [3.05, 3.63) is 39.9 Å². The zero-order valence-electron chi connectivity index (χ0n) is 7.96. The van der Waals surface area contributed by atoms with Crippen LogP contribution in [0.15, 0.2) is 24.3 Å². The van der Waals surface area contributed by atoms with Crippen LogP contribution in [0.2, 0.25) is 0 Å². The lowest BCUT2D eigenvalue weighted by Crippen LogP contribution is -2.12. The zero-order valence-corrected chi connectivity index (χ0v) is 8.77. The Morgan fingerprint density at radius 2 is 1.93 bits per heavy atom. The van der Waals surface area contributed by atoms with E-state index in [9.17, 15) is 14.7 Å². The van der Waals surface area contributed by atoms with E-state index in [4.69, 9.17) is 5.11 Å². The maximum absolute atomic E-state index is 11.2. The number of aliphatic hydroxyl groups is 1. The van der Waals surface area contributed by atoms with Gasteiger partial charge in [0, 0.05) is 17.7 Å². The van der Waals surface area contributed by atoms with Gasteiger partial charge in [0.15, 0.2) is 0 Å². The van der Waals surface area contributed by atoms with E-state index in [-0.39, 0.29) is 18.0 Å². The normalized spacial score (nSPS) is 12.4. The Kier molecular flexibility index (Phi) is 4.54. The molecule has 82 valence electrons. The molecule has 1 N–H and O–H groups in total. The number of hydrogen-bond acceptors (Lipinski definition) is 4. The second-order valence-corrected chi connectivity index (χ2v) is 4.51. The fourth-order valence-corrected chi connectivity index (χ4v) is 1.99. The van der Waals surface area contributed by atoms with Gasteiger partial charge in [0.2, 0.25) is 0 Å². The molecule has 1 aromatic rings. The maximum atomic E-state index is 11.2. The highest BCUT2D eigenvalue weighted by molar-refractivity contribution is 7.90. The fraction of sp³-hybridized carbons (Fsp3) is 0.333. The molecule has 0 heterocycles. The third-order valence-electron chi connectivity index (χ3n) is 1.79. The van der Waals surface area contributed by atoms with Crippen molar-refractivity contribution in [3.63, 3.8) is 0 Å². The van der Waals surface area contributed by atoms with E-state index in [1.165, 1.54) is 12.1 Å². The van der Waals surface area contributed by atoms with Crippen LogP contribution in [0.3, 0.4) is 0 Å². The molecule has 5 nitrogen and oxygen atoms in total. The third kappa shape index (κ3) is 3.86. The van der Waals surface area contributed by atoms with Crippen LogP contribution in [-0.2, 0) is 16.9 Å². The van der Waals surface area contributed by atoms with Crippen molar-refractivity contribution in [1.82, 2.24) is 0 Å². The molecule has 0 aliphatic rings. The first-order valence-electron chi connectivity index (χ1n) is 4.32. The molecule has 0 aromatic heterocycles. The van der Waals surface area contributed by atoms with E-state index in [0.29, 0.717) is 5.75 Å². The molecule has 1 rings (SSSR count). The summed E-state index contributed by atoms with van der Waals surface area (Å²) in [5.74, 6) is 0.551. The molecule has 0 amide bonds. The van der Waals surface area contributed by atoms with Crippen LogP contribution < -0.4 is 0 Å². The van der Waals surface area contributed by atoms with Crippen molar-refractivity contribution in [2.75, 3.05) is 12.4 Å². The predicted molar refractivity (Wildman–Crippen MR) is 56.9 cm³/mol. The van der Waals surface area contributed by atoms with Crippen LogP contribution in [0.25, 0.3) is 0 Å². The van der Waals surface area contributed by atoms with Gasteiger partial charge in [-0.3, -0.25) is 10.1 Å². The zero-order chi connectivity index (χ0) is 11.3. The van der Waals surface area contributed by atoms with E-state index in [1.54, 1.807) is 12.1 Å². The Labute approximate surface area is 90.1 Å². The minimum Gasteiger partial charge on any atom is -0.616 e. The number of nitrogens with zero attached hydrogens (tertiary/aromatic N) is 1. The lowest BCUT2D eigenvalue weighted by molar-refractivity contribution is -0.384. The first-order valence-corrected chi connectivity index (χ1v) is 5.81. The van der Waals surface area contributed by atoms with Gasteiger partial charge in [0.05, 0.1) is 11.5 Å². The largest absolute Gasteiger partial charge is 0.616 e. The number of non-ortho nitro benzene ring substituents is 1. The van der Waals surface area contributed by atoms with Gasteiger partial charge >= 0.3 is 0 Å². The van der Waals surface area contributed by atoms with Crippen LogP contribution in [0.5, 0.6) is 0 Å². The first kappa shape index (κ1) is 12.0. The van der Waals surface area contributed by atoms with E-state index >= 15 is 0 Å². The highest BCUT2D eigenvalue weighted by atomic mass is 32.2. The Morgan fingerprint density at radius 1 is 1.33 bits per heavy atom. The molecule has 0 aliphatic carbocycles. The molecule has 0 aliphatic heterocycles. The van der Waals surface area contributed by atoms with Gasteiger partial charge in [-0.15, -0.1) is 0 Å². The molecule has 0 fully saturated rings. The van der Waals surface area contributed by atoms with Gasteiger partial charge in [-0.05, 0) is 23.3 Å². The number of nitro benzene ring substituents is 1. The van der Waals surface area contributed by atoms with Gasteiger partial charge in [-0.1, -0.05) is 0 Å². The van der Waals surface area contributed by atoms with Crippen molar-refractivity contribution in [1.29, 1.82) is 0 Å². The van der Waals surface area contributed by atoms with Crippen LogP contribution in [0, 0.1) is 10.1 Å². The van der Waals surface area contributed by atoms with Gasteiger partial charge in [-0.2, -0.15) is 0 Å². The van der Waals surface area contributed by atoms with Gasteiger partial charge in [-0.25, -0.2) is 0 Å². The van der Waals surface area contributed by atoms with Gasteiger partial charge < -0.3 is 9.66 Å². The maximum Gasteiger partial charge on any atom is 0.269 e. The standard InChI is InChI=1S/C9H11NO4S/c11-5-6-15(14)7-8-1-3-9(4-2-8)10(12)13/h1-4,11H,5-7H2. The Balaban J connectivity index is 2.60. The summed E-state index contributed by atoms with van der Waals surface area (Å²) in [6, 6.07) is 5.91. The molecular weight excluding hydrogens is 218 g/mol. The second kappa shape index (κ2) is 5.69. The van der Waals surface area contributed by atoms with Gasteiger partial charge in [0.1, 0.15) is 11.5 Å². The molecule has 15 heavy (non-hydrogen) atoms. The number of benzene rings is 1. The minimum absolute atomic E-state index is 0.0201. The minimum atomic E-state index is -1.11. The fourth-order valence-electron chi connectivity index (χ4n) is 1.07. The van der Waals surface area contributed by atoms with Gasteiger partial charge in [0.25, 0.3) is 5.69 Å². The van der Waals surface area contributed by atoms with E-state index in [2.05, 4.69) is 0 Å². The highest BCUT2D eigenvalue weighted by Crippen LogP contribution is 2.14. The summed E-state index contributed by atoms with van der Waals surface area (Å²) in [6.45, 7) is -0.112. The molecule has 1 unspecified atom stereocenters. The Morgan fingerprint density at radius 3 is 2.40 bits per heavy atom. The van der Waals surface area contributed by atoms with Crippen molar-refractivity contribution in [2.45, 2.75) is 5.75 Å². The Hall–Kier alpha value is -1.11. The van der Waals surface area contributed by atoms with Crippen molar-refractivity contribution >= 4 is 16.9 Å². The smallest absolute Gasteiger partial charge is 0.269 e. The first-order chi connectivity index (χ1) is 7.13. The summed E-state index contributed by atoms with van der Waals surface area (Å²) in [4.78, 5) is 9.87. The average molecular weight is 229 g/mol. The van der Waals surface area contributed by atoms with E-state index in [1.807, 2.05) is 0 Å². The lowest BCUT2D eigenvalue weighted by Gasteiger charge is -2.08. The summed E-state index contributed by atoms with van der Waals surface area (Å²) in [5, 5.41) is 18.9. The second-order valence-electron chi connectivity index (χ2n) is 2.94.